The maximum absolute atomic E-state index is 11.6. The summed E-state index contributed by atoms with van der Waals surface area (Å²) in [4.78, 5) is 16.3. The summed E-state index contributed by atoms with van der Waals surface area (Å²) < 4.78 is 4.75. The van der Waals surface area contributed by atoms with Gasteiger partial charge in [0.25, 0.3) is 0 Å². The van der Waals surface area contributed by atoms with Gasteiger partial charge in [0, 0.05) is 10.9 Å². The molecule has 3 rings (SSSR count). The van der Waals surface area contributed by atoms with Crippen LogP contribution in [-0.2, 0) is 4.74 Å². The highest BCUT2D eigenvalue weighted by molar-refractivity contribution is 5.91. The van der Waals surface area contributed by atoms with Crippen molar-refractivity contribution < 1.29 is 9.53 Å². The molecule has 0 saturated heterocycles. The van der Waals surface area contributed by atoms with Crippen LogP contribution in [0.15, 0.2) is 54.6 Å². The fourth-order valence-electron chi connectivity index (χ4n) is 2.33. The van der Waals surface area contributed by atoms with Gasteiger partial charge in [-0.2, -0.15) is 0 Å². The lowest BCUT2D eigenvalue weighted by Crippen LogP contribution is -2.01. The van der Waals surface area contributed by atoms with Gasteiger partial charge in [-0.1, -0.05) is 29.8 Å². The van der Waals surface area contributed by atoms with Crippen molar-refractivity contribution in [2.45, 2.75) is 6.92 Å². The summed E-state index contributed by atoms with van der Waals surface area (Å²) in [6.45, 7) is 2.06. The zero-order valence-corrected chi connectivity index (χ0v) is 12.0. The van der Waals surface area contributed by atoms with E-state index in [2.05, 4.69) is 24.0 Å². The van der Waals surface area contributed by atoms with Crippen molar-refractivity contribution in [3.05, 3.63) is 65.7 Å². The van der Waals surface area contributed by atoms with Crippen molar-refractivity contribution in [2.24, 2.45) is 0 Å². The molecule has 0 saturated carbocycles. The maximum atomic E-state index is 11.6. The Labute approximate surface area is 123 Å². The van der Waals surface area contributed by atoms with Crippen LogP contribution < -0.4 is 0 Å². The highest BCUT2D eigenvalue weighted by atomic mass is 16.5. The zero-order valence-electron chi connectivity index (χ0n) is 12.0. The van der Waals surface area contributed by atoms with Crippen LogP contribution in [0.4, 0.5) is 0 Å². The first-order chi connectivity index (χ1) is 10.2. The number of ether oxygens (including phenoxy) is 1. The Hall–Kier alpha value is -2.68. The minimum atomic E-state index is -0.340. The van der Waals surface area contributed by atoms with E-state index in [0.717, 1.165) is 22.2 Å². The second-order valence-electron chi connectivity index (χ2n) is 4.97. The van der Waals surface area contributed by atoms with Crippen LogP contribution in [-0.4, -0.2) is 18.1 Å². The van der Waals surface area contributed by atoms with Crippen LogP contribution >= 0.6 is 0 Å². The molecule has 1 aromatic heterocycles. The molecule has 21 heavy (non-hydrogen) atoms. The van der Waals surface area contributed by atoms with E-state index in [0.29, 0.717) is 5.56 Å². The lowest BCUT2D eigenvalue weighted by Gasteiger charge is -2.06. The largest absolute Gasteiger partial charge is 0.465 e. The second-order valence-corrected chi connectivity index (χ2v) is 4.97. The van der Waals surface area contributed by atoms with Gasteiger partial charge < -0.3 is 4.74 Å². The standard InChI is InChI=1S/C18H15NO2/c1-12-6-8-16-14(10-12)7-9-17(19-16)13-4-3-5-15(11-13)18(20)21-2/h3-11H,1-2H3. The number of methoxy groups -OCH3 is 1. The van der Waals surface area contributed by atoms with Crippen LogP contribution in [0.2, 0.25) is 0 Å². The van der Waals surface area contributed by atoms with E-state index in [1.54, 1.807) is 12.1 Å². The van der Waals surface area contributed by atoms with Gasteiger partial charge in [-0.25, -0.2) is 9.78 Å². The van der Waals surface area contributed by atoms with Crippen LogP contribution in [0.25, 0.3) is 22.2 Å². The van der Waals surface area contributed by atoms with Crippen LogP contribution in [0, 0.1) is 6.92 Å². The van der Waals surface area contributed by atoms with Crippen molar-refractivity contribution in [3.63, 3.8) is 0 Å². The van der Waals surface area contributed by atoms with Crippen molar-refractivity contribution in [2.75, 3.05) is 7.11 Å². The van der Waals surface area contributed by atoms with Gasteiger partial charge in [0.2, 0.25) is 0 Å². The first-order valence-electron chi connectivity index (χ1n) is 6.73. The molecule has 0 spiro atoms. The summed E-state index contributed by atoms with van der Waals surface area (Å²) in [5.41, 5.74) is 4.43. The van der Waals surface area contributed by atoms with E-state index < -0.39 is 0 Å². The predicted molar refractivity (Wildman–Crippen MR) is 83.3 cm³/mol. The third-order valence-electron chi connectivity index (χ3n) is 3.42. The third-order valence-corrected chi connectivity index (χ3v) is 3.42. The fourth-order valence-corrected chi connectivity index (χ4v) is 2.33. The Morgan fingerprint density at radius 1 is 1.05 bits per heavy atom. The molecule has 0 aliphatic rings. The van der Waals surface area contributed by atoms with E-state index in [1.807, 2.05) is 30.3 Å². The SMILES string of the molecule is COC(=O)c1cccc(-c2ccc3cc(C)ccc3n2)c1. The molecular formula is C18H15NO2. The average molecular weight is 277 g/mol. The van der Waals surface area contributed by atoms with Crippen molar-refractivity contribution in [1.29, 1.82) is 0 Å². The minimum Gasteiger partial charge on any atom is -0.465 e. The number of aryl methyl sites for hydroxylation is 1. The molecular weight excluding hydrogens is 262 g/mol. The Balaban J connectivity index is 2.08. The fraction of sp³-hybridized carbons (Fsp3) is 0.111. The highest BCUT2D eigenvalue weighted by Crippen LogP contribution is 2.22. The predicted octanol–water partition coefficient (Wildman–Crippen LogP) is 4.00. The summed E-state index contributed by atoms with van der Waals surface area (Å²) in [6, 6.07) is 17.5. The third kappa shape index (κ3) is 2.63. The minimum absolute atomic E-state index is 0.340. The molecule has 104 valence electrons. The van der Waals surface area contributed by atoms with E-state index in [-0.39, 0.29) is 5.97 Å². The lowest BCUT2D eigenvalue weighted by atomic mass is 10.1. The molecule has 1 heterocycles. The van der Waals surface area contributed by atoms with Crippen LogP contribution in [0.5, 0.6) is 0 Å². The molecule has 0 radical (unpaired) electrons. The Morgan fingerprint density at radius 3 is 2.71 bits per heavy atom. The number of carbonyl (C=O) groups excluding carboxylic acids is 1. The molecule has 0 aliphatic carbocycles. The highest BCUT2D eigenvalue weighted by Gasteiger charge is 2.08. The summed E-state index contributed by atoms with van der Waals surface area (Å²) in [7, 11) is 1.38. The van der Waals surface area contributed by atoms with Crippen molar-refractivity contribution in [3.8, 4) is 11.3 Å². The summed E-state index contributed by atoms with van der Waals surface area (Å²) in [5.74, 6) is -0.340. The summed E-state index contributed by atoms with van der Waals surface area (Å²) in [6.07, 6.45) is 0. The van der Waals surface area contributed by atoms with Gasteiger partial charge in [-0.15, -0.1) is 0 Å². The molecule has 2 aromatic carbocycles. The number of rotatable bonds is 2. The molecule has 0 amide bonds. The maximum Gasteiger partial charge on any atom is 0.337 e. The zero-order chi connectivity index (χ0) is 14.8. The van der Waals surface area contributed by atoms with E-state index >= 15 is 0 Å². The molecule has 0 fully saturated rings. The Kier molecular flexibility index (Phi) is 3.40. The van der Waals surface area contributed by atoms with Crippen LogP contribution in [0.3, 0.4) is 0 Å². The van der Waals surface area contributed by atoms with Crippen LogP contribution in [0.1, 0.15) is 15.9 Å². The van der Waals surface area contributed by atoms with Gasteiger partial charge in [-0.3, -0.25) is 0 Å². The van der Waals surface area contributed by atoms with E-state index in [9.17, 15) is 4.79 Å². The molecule has 0 atom stereocenters. The van der Waals surface area contributed by atoms with Crippen molar-refractivity contribution >= 4 is 16.9 Å². The molecule has 0 bridgehead atoms. The normalized spacial score (nSPS) is 10.6. The van der Waals surface area contributed by atoms with E-state index in [4.69, 9.17) is 4.74 Å². The Bertz CT molecular complexity index is 824. The number of esters is 1. The van der Waals surface area contributed by atoms with Crippen molar-refractivity contribution in [1.82, 2.24) is 4.98 Å². The number of hydrogen-bond donors (Lipinski definition) is 0. The summed E-state index contributed by atoms with van der Waals surface area (Å²) >= 11 is 0. The molecule has 3 nitrogen and oxygen atoms in total. The Morgan fingerprint density at radius 2 is 1.90 bits per heavy atom. The molecule has 3 heteroatoms. The summed E-state index contributed by atoms with van der Waals surface area (Å²) in [5, 5.41) is 1.11. The first-order valence-corrected chi connectivity index (χ1v) is 6.73. The number of pyridine rings is 1. The van der Waals surface area contributed by atoms with Gasteiger partial charge in [-0.05, 0) is 37.3 Å². The smallest absolute Gasteiger partial charge is 0.337 e. The van der Waals surface area contributed by atoms with Gasteiger partial charge in [0.15, 0.2) is 0 Å². The number of benzene rings is 2. The molecule has 0 N–H and O–H groups in total. The number of hydrogen-bond acceptors (Lipinski definition) is 3. The molecule has 0 unspecified atom stereocenters. The number of carbonyl (C=O) groups is 1. The quantitative estimate of drug-likeness (QED) is 0.665. The second kappa shape index (κ2) is 5.37. The molecule has 0 aliphatic heterocycles. The first kappa shape index (κ1) is 13.3. The number of aromatic nitrogens is 1. The topological polar surface area (TPSA) is 39.2 Å². The molecule has 3 aromatic rings. The lowest BCUT2D eigenvalue weighted by molar-refractivity contribution is 0.0601. The van der Waals surface area contributed by atoms with Gasteiger partial charge in [0.05, 0.1) is 23.9 Å². The van der Waals surface area contributed by atoms with Gasteiger partial charge in [0.1, 0.15) is 0 Å². The van der Waals surface area contributed by atoms with E-state index in [1.165, 1.54) is 12.7 Å². The van der Waals surface area contributed by atoms with Gasteiger partial charge >= 0.3 is 5.97 Å². The number of nitrogens with zero attached hydrogens (tertiary/aromatic N) is 1. The monoisotopic (exact) mass is 277 g/mol. The average Bonchev–Trinajstić information content (AvgIpc) is 2.53. The number of fused-ring (bicyclic) bond motifs is 1.